The first-order chi connectivity index (χ1) is 9.61. The number of hydrogen-bond acceptors (Lipinski definition) is 4. The minimum atomic E-state index is -0.872. The highest BCUT2D eigenvalue weighted by molar-refractivity contribution is 5.94. The van der Waals surface area contributed by atoms with Crippen molar-refractivity contribution in [1.29, 1.82) is 0 Å². The summed E-state index contributed by atoms with van der Waals surface area (Å²) in [5.41, 5.74) is 0.605. The van der Waals surface area contributed by atoms with Crippen LogP contribution in [-0.4, -0.2) is 45.1 Å². The second kappa shape index (κ2) is 4.73. The van der Waals surface area contributed by atoms with Crippen LogP contribution < -0.4 is 5.32 Å². The van der Waals surface area contributed by atoms with Crippen molar-refractivity contribution in [3.63, 3.8) is 0 Å². The van der Waals surface area contributed by atoms with Gasteiger partial charge in [0.1, 0.15) is 6.33 Å². The summed E-state index contributed by atoms with van der Waals surface area (Å²) in [4.78, 5) is 32.2. The van der Waals surface area contributed by atoms with Gasteiger partial charge in [0.05, 0.1) is 18.1 Å². The van der Waals surface area contributed by atoms with E-state index in [1.54, 1.807) is 12.4 Å². The fraction of sp³-hybridized carbons (Fsp3) is 0.538. The number of nitrogens with one attached hydrogen (secondary N) is 1. The average Bonchev–Trinajstić information content (AvgIpc) is 3.14. The van der Waals surface area contributed by atoms with Crippen molar-refractivity contribution < 1.29 is 14.7 Å². The first-order valence-electron chi connectivity index (χ1n) is 6.64. The van der Waals surface area contributed by atoms with Gasteiger partial charge in [-0.2, -0.15) is 0 Å². The highest BCUT2D eigenvalue weighted by atomic mass is 16.4. The zero-order valence-corrected chi connectivity index (χ0v) is 11.0. The summed E-state index contributed by atoms with van der Waals surface area (Å²) in [5, 5.41) is 11.7. The summed E-state index contributed by atoms with van der Waals surface area (Å²) < 4.78 is 0. The fourth-order valence-electron chi connectivity index (χ4n) is 3.01. The van der Waals surface area contributed by atoms with Gasteiger partial charge in [0.15, 0.2) is 0 Å². The van der Waals surface area contributed by atoms with Crippen LogP contribution in [0.3, 0.4) is 0 Å². The maximum atomic E-state index is 12.2. The maximum absolute atomic E-state index is 12.2. The third-order valence-electron chi connectivity index (χ3n) is 4.36. The van der Waals surface area contributed by atoms with Gasteiger partial charge in [-0.3, -0.25) is 4.79 Å². The standard InChI is InChI=1S/C13H16N4O3/c18-11(16-9-6-14-8-15-7-9)10-5-13(10)1-3-17(4-2-13)12(19)20/h6-8,10H,1-5H2,(H,16,18)(H,19,20)/t10-/m1/s1. The third-order valence-corrected chi connectivity index (χ3v) is 4.36. The quantitative estimate of drug-likeness (QED) is 0.846. The third kappa shape index (κ3) is 2.31. The smallest absolute Gasteiger partial charge is 0.407 e. The van der Waals surface area contributed by atoms with Gasteiger partial charge in [-0.1, -0.05) is 0 Å². The van der Waals surface area contributed by atoms with Crippen molar-refractivity contribution in [3.8, 4) is 0 Å². The first kappa shape index (κ1) is 12.8. The molecule has 2 amide bonds. The molecule has 2 N–H and O–H groups in total. The Morgan fingerprint density at radius 1 is 1.30 bits per heavy atom. The molecule has 2 heterocycles. The molecule has 0 bridgehead atoms. The van der Waals surface area contributed by atoms with Gasteiger partial charge in [-0.15, -0.1) is 0 Å². The van der Waals surface area contributed by atoms with Crippen LogP contribution >= 0.6 is 0 Å². The van der Waals surface area contributed by atoms with E-state index in [2.05, 4.69) is 15.3 Å². The van der Waals surface area contributed by atoms with Crippen LogP contribution in [0.4, 0.5) is 10.5 Å². The fourth-order valence-corrected chi connectivity index (χ4v) is 3.01. The zero-order chi connectivity index (χ0) is 14.2. The number of piperidine rings is 1. The van der Waals surface area contributed by atoms with E-state index in [4.69, 9.17) is 5.11 Å². The normalized spacial score (nSPS) is 23.4. The molecule has 2 fully saturated rings. The second-order valence-corrected chi connectivity index (χ2v) is 5.51. The topological polar surface area (TPSA) is 95.4 Å². The van der Waals surface area contributed by atoms with Crippen LogP contribution in [0.15, 0.2) is 18.7 Å². The Bertz CT molecular complexity index is 526. The van der Waals surface area contributed by atoms with Crippen molar-refractivity contribution >= 4 is 17.7 Å². The molecule has 7 heteroatoms. The van der Waals surface area contributed by atoms with E-state index >= 15 is 0 Å². The van der Waals surface area contributed by atoms with E-state index in [-0.39, 0.29) is 17.2 Å². The summed E-state index contributed by atoms with van der Waals surface area (Å²) >= 11 is 0. The lowest BCUT2D eigenvalue weighted by atomic mass is 9.91. The molecule has 1 aliphatic heterocycles. The van der Waals surface area contributed by atoms with Crippen molar-refractivity contribution in [1.82, 2.24) is 14.9 Å². The molecule has 1 saturated carbocycles. The van der Waals surface area contributed by atoms with Gasteiger partial charge in [0.2, 0.25) is 5.91 Å². The van der Waals surface area contributed by atoms with Crippen LogP contribution in [-0.2, 0) is 4.79 Å². The van der Waals surface area contributed by atoms with E-state index in [1.807, 2.05) is 0 Å². The van der Waals surface area contributed by atoms with Gasteiger partial charge in [0.25, 0.3) is 0 Å². The molecule has 0 radical (unpaired) electrons. The van der Waals surface area contributed by atoms with Crippen LogP contribution in [0.1, 0.15) is 19.3 Å². The molecule has 1 aliphatic carbocycles. The molecular formula is C13H16N4O3. The number of carbonyl (C=O) groups is 2. The Kier molecular flexibility index (Phi) is 3.04. The summed E-state index contributed by atoms with van der Waals surface area (Å²) in [6.45, 7) is 1.04. The van der Waals surface area contributed by atoms with E-state index in [1.165, 1.54) is 11.2 Å². The minimum Gasteiger partial charge on any atom is -0.465 e. The molecule has 20 heavy (non-hydrogen) atoms. The van der Waals surface area contributed by atoms with Crippen molar-refractivity contribution in [3.05, 3.63) is 18.7 Å². The zero-order valence-electron chi connectivity index (χ0n) is 11.0. The summed E-state index contributed by atoms with van der Waals surface area (Å²) in [7, 11) is 0. The number of anilines is 1. The first-order valence-corrected chi connectivity index (χ1v) is 6.64. The number of rotatable bonds is 2. The van der Waals surface area contributed by atoms with Gasteiger partial charge < -0.3 is 15.3 Å². The van der Waals surface area contributed by atoms with E-state index in [0.29, 0.717) is 18.8 Å². The van der Waals surface area contributed by atoms with Crippen LogP contribution in [0, 0.1) is 11.3 Å². The summed E-state index contributed by atoms with van der Waals surface area (Å²) in [5.74, 6) is -0.0257. The highest BCUT2D eigenvalue weighted by Crippen LogP contribution is 2.59. The lowest BCUT2D eigenvalue weighted by Gasteiger charge is -2.30. The molecule has 2 aliphatic rings. The van der Waals surface area contributed by atoms with E-state index in [0.717, 1.165) is 19.3 Å². The lowest BCUT2D eigenvalue weighted by Crippen LogP contribution is -2.39. The average molecular weight is 276 g/mol. The van der Waals surface area contributed by atoms with E-state index < -0.39 is 6.09 Å². The van der Waals surface area contributed by atoms with Crippen molar-refractivity contribution in [2.24, 2.45) is 11.3 Å². The molecule has 106 valence electrons. The molecule has 1 aromatic heterocycles. The molecule has 7 nitrogen and oxygen atoms in total. The Morgan fingerprint density at radius 2 is 1.95 bits per heavy atom. The largest absolute Gasteiger partial charge is 0.465 e. The van der Waals surface area contributed by atoms with Crippen LogP contribution in [0.2, 0.25) is 0 Å². The number of hydrogen-bond donors (Lipinski definition) is 2. The number of carbonyl (C=O) groups excluding carboxylic acids is 1. The summed E-state index contributed by atoms with van der Waals surface area (Å²) in [6, 6.07) is 0. The molecule has 1 saturated heterocycles. The predicted octanol–water partition coefficient (Wildman–Crippen LogP) is 1.20. The Labute approximate surface area is 116 Å². The maximum Gasteiger partial charge on any atom is 0.407 e. The number of likely N-dealkylation sites (tertiary alicyclic amines) is 1. The lowest BCUT2D eigenvalue weighted by molar-refractivity contribution is -0.118. The summed E-state index contributed by atoms with van der Waals surface area (Å²) in [6.07, 6.45) is 6.05. The Morgan fingerprint density at radius 3 is 2.55 bits per heavy atom. The number of nitrogens with zero attached hydrogens (tertiary/aromatic N) is 3. The number of carboxylic acid groups (broad SMARTS) is 1. The molecule has 0 aromatic carbocycles. The monoisotopic (exact) mass is 276 g/mol. The number of aromatic nitrogens is 2. The molecule has 1 atom stereocenters. The predicted molar refractivity (Wildman–Crippen MR) is 70.0 cm³/mol. The number of amides is 2. The molecule has 0 unspecified atom stereocenters. The van der Waals surface area contributed by atoms with Gasteiger partial charge >= 0.3 is 6.09 Å². The van der Waals surface area contributed by atoms with Crippen LogP contribution in [0.5, 0.6) is 0 Å². The Hall–Kier alpha value is -2.18. The minimum absolute atomic E-state index is 0.00563. The second-order valence-electron chi connectivity index (χ2n) is 5.51. The Balaban J connectivity index is 1.56. The van der Waals surface area contributed by atoms with Crippen molar-refractivity contribution in [2.75, 3.05) is 18.4 Å². The van der Waals surface area contributed by atoms with E-state index in [9.17, 15) is 9.59 Å². The molecule has 3 rings (SSSR count). The van der Waals surface area contributed by atoms with Crippen LogP contribution in [0.25, 0.3) is 0 Å². The van der Waals surface area contributed by atoms with Gasteiger partial charge in [0, 0.05) is 19.0 Å². The SMILES string of the molecule is O=C(Nc1cncnc1)[C@H]1CC12CCN(C(=O)O)CC2. The molecule has 1 aromatic rings. The molecule has 1 spiro atoms. The van der Waals surface area contributed by atoms with Crippen molar-refractivity contribution in [2.45, 2.75) is 19.3 Å². The van der Waals surface area contributed by atoms with Gasteiger partial charge in [-0.25, -0.2) is 14.8 Å². The highest BCUT2D eigenvalue weighted by Gasteiger charge is 2.58. The molecular weight excluding hydrogens is 260 g/mol. The van der Waals surface area contributed by atoms with Gasteiger partial charge in [-0.05, 0) is 24.7 Å².